The van der Waals surface area contributed by atoms with E-state index >= 15 is 0 Å². The molecule has 0 radical (unpaired) electrons. The van der Waals surface area contributed by atoms with E-state index in [9.17, 15) is 13.2 Å². The molecule has 0 unspecified atom stereocenters. The molecule has 1 N–H and O–H groups in total. The fourth-order valence-electron chi connectivity index (χ4n) is 2.61. The molecule has 8 nitrogen and oxygen atoms in total. The van der Waals surface area contributed by atoms with E-state index in [1.807, 2.05) is 6.92 Å². The van der Waals surface area contributed by atoms with Gasteiger partial charge in [-0.2, -0.15) is 15.3 Å². The standard InChI is InChI=1S/C15H21N5O3S/c1-5-7-9-15(18-19-15)10-8-13(21)17-24(22,23)14-11(3)16-20(6-2)12(14)4/h1H,6-10H2,2-4H3,(H,17,21). The van der Waals surface area contributed by atoms with Gasteiger partial charge in [-0.15, -0.1) is 12.3 Å². The van der Waals surface area contributed by atoms with Gasteiger partial charge in [0, 0.05) is 32.2 Å². The molecule has 0 aliphatic carbocycles. The lowest BCUT2D eigenvalue weighted by Crippen LogP contribution is -2.32. The van der Waals surface area contributed by atoms with Gasteiger partial charge in [0.1, 0.15) is 4.90 Å². The van der Waals surface area contributed by atoms with Crippen LogP contribution in [0.1, 0.15) is 44.0 Å². The number of nitrogens with one attached hydrogen (secondary N) is 1. The van der Waals surface area contributed by atoms with E-state index in [2.05, 4.69) is 26.0 Å². The molecular formula is C15H21N5O3S. The highest BCUT2D eigenvalue weighted by Crippen LogP contribution is 2.37. The molecule has 2 rings (SSSR count). The second kappa shape index (κ2) is 6.73. The Labute approximate surface area is 141 Å². The van der Waals surface area contributed by atoms with Crippen LogP contribution in [0.15, 0.2) is 15.1 Å². The van der Waals surface area contributed by atoms with Crippen molar-refractivity contribution >= 4 is 15.9 Å². The van der Waals surface area contributed by atoms with Crippen LogP contribution in [0.4, 0.5) is 0 Å². The third kappa shape index (κ3) is 3.82. The maximum absolute atomic E-state index is 12.5. The van der Waals surface area contributed by atoms with Crippen LogP contribution < -0.4 is 4.72 Å². The Morgan fingerprint density at radius 2 is 2.00 bits per heavy atom. The molecule has 130 valence electrons. The number of hydrogen-bond donors (Lipinski definition) is 1. The number of rotatable bonds is 8. The third-order valence-corrected chi connectivity index (χ3v) is 5.56. The summed E-state index contributed by atoms with van der Waals surface area (Å²) in [6, 6.07) is 0. The molecule has 1 amide bonds. The van der Waals surface area contributed by atoms with E-state index in [0.29, 0.717) is 37.2 Å². The monoisotopic (exact) mass is 351 g/mol. The largest absolute Gasteiger partial charge is 0.274 e. The molecule has 0 fully saturated rings. The predicted molar refractivity (Wildman–Crippen MR) is 87.6 cm³/mol. The molecule has 24 heavy (non-hydrogen) atoms. The molecule has 0 atom stereocenters. The van der Waals surface area contributed by atoms with E-state index in [0.717, 1.165) is 0 Å². The Morgan fingerprint density at radius 1 is 1.33 bits per heavy atom. The molecule has 1 aliphatic rings. The van der Waals surface area contributed by atoms with Crippen molar-refractivity contribution in [2.75, 3.05) is 0 Å². The first kappa shape index (κ1) is 18.1. The minimum atomic E-state index is -3.95. The Kier molecular flexibility index (Phi) is 5.08. The Hall–Kier alpha value is -2.21. The quantitative estimate of drug-likeness (QED) is 0.719. The Morgan fingerprint density at radius 3 is 2.50 bits per heavy atom. The number of sulfonamides is 1. The molecule has 1 aliphatic heterocycles. The smallest absolute Gasteiger partial charge is 0.267 e. The zero-order valence-corrected chi connectivity index (χ0v) is 14.9. The molecule has 0 aromatic carbocycles. The third-order valence-electron chi connectivity index (χ3n) is 3.94. The number of amides is 1. The van der Waals surface area contributed by atoms with Crippen molar-refractivity contribution in [3.05, 3.63) is 11.4 Å². The van der Waals surface area contributed by atoms with Crippen LogP contribution in [0, 0.1) is 26.2 Å². The fourth-order valence-corrected chi connectivity index (χ4v) is 4.04. The Bertz CT molecular complexity index is 811. The molecule has 2 heterocycles. The Balaban J connectivity index is 2.01. The van der Waals surface area contributed by atoms with Gasteiger partial charge in [-0.25, -0.2) is 13.1 Å². The molecule has 0 spiro atoms. The van der Waals surface area contributed by atoms with Crippen LogP contribution >= 0.6 is 0 Å². The highest BCUT2D eigenvalue weighted by molar-refractivity contribution is 7.90. The van der Waals surface area contributed by atoms with Gasteiger partial charge in [-0.05, 0) is 20.8 Å². The van der Waals surface area contributed by atoms with Crippen LogP contribution in [0.2, 0.25) is 0 Å². The van der Waals surface area contributed by atoms with Crippen molar-refractivity contribution in [3.8, 4) is 12.3 Å². The van der Waals surface area contributed by atoms with E-state index < -0.39 is 21.6 Å². The summed E-state index contributed by atoms with van der Waals surface area (Å²) in [7, 11) is -3.95. The van der Waals surface area contributed by atoms with Gasteiger partial charge >= 0.3 is 0 Å². The lowest BCUT2D eigenvalue weighted by atomic mass is 10.0. The summed E-state index contributed by atoms with van der Waals surface area (Å²) < 4.78 is 28.6. The zero-order valence-electron chi connectivity index (χ0n) is 14.0. The number of hydrogen-bond acceptors (Lipinski definition) is 6. The maximum Gasteiger partial charge on any atom is 0.267 e. The molecule has 1 aromatic rings. The lowest BCUT2D eigenvalue weighted by molar-refractivity contribution is -0.119. The summed E-state index contributed by atoms with van der Waals surface area (Å²) in [6.07, 6.45) is 6.66. The van der Waals surface area contributed by atoms with E-state index in [1.54, 1.807) is 18.5 Å². The van der Waals surface area contributed by atoms with Crippen molar-refractivity contribution < 1.29 is 13.2 Å². The van der Waals surface area contributed by atoms with Crippen LogP contribution in [-0.2, 0) is 21.4 Å². The van der Waals surface area contributed by atoms with E-state index in [1.165, 1.54) is 0 Å². The number of carbonyl (C=O) groups excluding carboxylic acids is 1. The molecule has 1 aromatic heterocycles. The topological polar surface area (TPSA) is 106 Å². The highest BCUT2D eigenvalue weighted by Gasteiger charge is 2.39. The van der Waals surface area contributed by atoms with E-state index in [-0.39, 0.29) is 11.3 Å². The lowest BCUT2D eigenvalue weighted by Gasteiger charge is -2.10. The van der Waals surface area contributed by atoms with Crippen molar-refractivity contribution in [2.24, 2.45) is 10.2 Å². The summed E-state index contributed by atoms with van der Waals surface area (Å²) in [5.74, 6) is 1.92. The average Bonchev–Trinajstić information content (AvgIpc) is 3.21. The molecular weight excluding hydrogens is 330 g/mol. The van der Waals surface area contributed by atoms with Crippen LogP contribution in [0.25, 0.3) is 0 Å². The van der Waals surface area contributed by atoms with Crippen molar-refractivity contribution in [2.45, 2.75) is 63.6 Å². The normalized spacial score (nSPS) is 15.1. The first-order valence-corrected chi connectivity index (χ1v) is 9.20. The molecule has 0 saturated carbocycles. The van der Waals surface area contributed by atoms with E-state index in [4.69, 9.17) is 6.42 Å². The summed E-state index contributed by atoms with van der Waals surface area (Å²) in [6.45, 7) is 5.69. The maximum atomic E-state index is 12.5. The average molecular weight is 351 g/mol. The fraction of sp³-hybridized carbons (Fsp3) is 0.600. The van der Waals surface area contributed by atoms with Crippen molar-refractivity contribution in [1.82, 2.24) is 14.5 Å². The second-order valence-corrected chi connectivity index (χ2v) is 7.35. The summed E-state index contributed by atoms with van der Waals surface area (Å²) in [5, 5.41) is 12.0. The number of nitrogens with zero attached hydrogens (tertiary/aromatic N) is 4. The van der Waals surface area contributed by atoms with Crippen molar-refractivity contribution in [1.29, 1.82) is 0 Å². The first-order chi connectivity index (χ1) is 11.2. The van der Waals surface area contributed by atoms with Gasteiger partial charge in [0.05, 0.1) is 11.4 Å². The number of aryl methyl sites for hydroxylation is 2. The van der Waals surface area contributed by atoms with Crippen LogP contribution in [0.3, 0.4) is 0 Å². The van der Waals surface area contributed by atoms with Crippen molar-refractivity contribution in [3.63, 3.8) is 0 Å². The SMILES string of the molecule is C#CCCC1(CCC(=O)NS(=O)(=O)c2c(C)nn(CC)c2C)N=N1. The van der Waals surface area contributed by atoms with Gasteiger partial charge in [-0.3, -0.25) is 9.48 Å². The van der Waals surface area contributed by atoms with Gasteiger partial charge in [0.2, 0.25) is 5.91 Å². The van der Waals surface area contributed by atoms with Gasteiger partial charge in [-0.1, -0.05) is 0 Å². The zero-order chi connectivity index (χ0) is 18.0. The van der Waals surface area contributed by atoms with Gasteiger partial charge < -0.3 is 0 Å². The predicted octanol–water partition coefficient (Wildman–Crippen LogP) is 1.68. The minimum Gasteiger partial charge on any atom is -0.274 e. The highest BCUT2D eigenvalue weighted by atomic mass is 32.2. The van der Waals surface area contributed by atoms with Crippen LogP contribution in [-0.4, -0.2) is 29.8 Å². The number of terminal acetylenes is 1. The van der Waals surface area contributed by atoms with Crippen LogP contribution in [0.5, 0.6) is 0 Å². The number of aromatic nitrogens is 2. The summed E-state index contributed by atoms with van der Waals surface area (Å²) in [4.78, 5) is 12.1. The summed E-state index contributed by atoms with van der Waals surface area (Å²) >= 11 is 0. The van der Waals surface area contributed by atoms with Gasteiger partial charge in [0.15, 0.2) is 5.66 Å². The first-order valence-electron chi connectivity index (χ1n) is 7.72. The van der Waals surface area contributed by atoms with Gasteiger partial charge in [0.25, 0.3) is 10.0 Å². The summed E-state index contributed by atoms with van der Waals surface area (Å²) in [5.41, 5.74) is 0.271. The number of carbonyl (C=O) groups is 1. The molecule has 0 saturated heterocycles. The minimum absolute atomic E-state index is 0.0107. The second-order valence-electron chi connectivity index (χ2n) is 5.73. The molecule has 9 heteroatoms. The molecule has 0 bridgehead atoms.